The standard InChI is InChI=1S/C10H10N2OS/c1-2-6-11-9(13)8-14-10-5-3-4-7-12-10/h1,3-5,7H,6,8H2,(H,11,13). The van der Waals surface area contributed by atoms with Crippen molar-refractivity contribution in [2.75, 3.05) is 12.3 Å². The van der Waals surface area contributed by atoms with Crippen LogP contribution >= 0.6 is 11.8 Å². The first-order valence-corrected chi connectivity index (χ1v) is 5.05. The van der Waals surface area contributed by atoms with Gasteiger partial charge in [-0.15, -0.1) is 6.42 Å². The van der Waals surface area contributed by atoms with Crippen LogP contribution in [0.4, 0.5) is 0 Å². The quantitative estimate of drug-likeness (QED) is 0.588. The largest absolute Gasteiger partial charge is 0.344 e. The molecule has 0 saturated heterocycles. The molecule has 0 unspecified atom stereocenters. The molecule has 0 radical (unpaired) electrons. The van der Waals surface area contributed by atoms with Gasteiger partial charge >= 0.3 is 0 Å². The number of nitrogens with zero attached hydrogens (tertiary/aromatic N) is 1. The molecule has 0 atom stereocenters. The van der Waals surface area contributed by atoms with Crippen LogP contribution in [0.25, 0.3) is 0 Å². The van der Waals surface area contributed by atoms with Gasteiger partial charge in [0, 0.05) is 6.20 Å². The van der Waals surface area contributed by atoms with E-state index < -0.39 is 0 Å². The Morgan fingerprint density at radius 1 is 1.64 bits per heavy atom. The number of carbonyl (C=O) groups is 1. The first-order chi connectivity index (χ1) is 6.83. The Kier molecular flexibility index (Phi) is 4.59. The van der Waals surface area contributed by atoms with Gasteiger partial charge in [-0.2, -0.15) is 0 Å². The van der Waals surface area contributed by atoms with Crippen molar-refractivity contribution < 1.29 is 4.79 Å². The normalized spacial score (nSPS) is 9.07. The summed E-state index contributed by atoms with van der Waals surface area (Å²) in [6.45, 7) is 0.279. The van der Waals surface area contributed by atoms with Gasteiger partial charge in [0.2, 0.25) is 5.91 Å². The molecule has 72 valence electrons. The molecule has 0 aliphatic carbocycles. The molecule has 1 amide bonds. The summed E-state index contributed by atoms with van der Waals surface area (Å²) in [7, 11) is 0. The van der Waals surface area contributed by atoms with E-state index >= 15 is 0 Å². The average molecular weight is 206 g/mol. The van der Waals surface area contributed by atoms with Gasteiger partial charge in [-0.1, -0.05) is 23.7 Å². The highest BCUT2D eigenvalue weighted by Gasteiger charge is 2.01. The van der Waals surface area contributed by atoms with E-state index in [1.165, 1.54) is 11.8 Å². The number of aromatic nitrogens is 1. The van der Waals surface area contributed by atoms with Gasteiger partial charge in [0.15, 0.2) is 0 Å². The first kappa shape index (κ1) is 10.6. The summed E-state index contributed by atoms with van der Waals surface area (Å²) in [6.07, 6.45) is 6.70. The van der Waals surface area contributed by atoms with Crippen molar-refractivity contribution in [3.63, 3.8) is 0 Å². The highest BCUT2D eigenvalue weighted by molar-refractivity contribution is 7.99. The Bertz CT molecular complexity index is 332. The summed E-state index contributed by atoms with van der Waals surface area (Å²) in [6, 6.07) is 5.58. The lowest BCUT2D eigenvalue weighted by molar-refractivity contribution is -0.118. The van der Waals surface area contributed by atoms with E-state index in [1.54, 1.807) is 6.20 Å². The molecule has 0 aliphatic heterocycles. The minimum Gasteiger partial charge on any atom is -0.344 e. The number of thioether (sulfide) groups is 1. The molecular weight excluding hydrogens is 196 g/mol. The second-order valence-corrected chi connectivity index (χ2v) is 3.43. The van der Waals surface area contributed by atoms with Crippen LogP contribution in [0, 0.1) is 12.3 Å². The second kappa shape index (κ2) is 6.06. The highest BCUT2D eigenvalue weighted by atomic mass is 32.2. The Hall–Kier alpha value is -1.47. The molecule has 1 rings (SSSR count). The predicted octanol–water partition coefficient (Wildman–Crippen LogP) is 0.923. The minimum absolute atomic E-state index is 0.0707. The van der Waals surface area contributed by atoms with Crippen molar-refractivity contribution in [2.45, 2.75) is 5.03 Å². The number of terminal acetylenes is 1. The fourth-order valence-electron chi connectivity index (χ4n) is 0.773. The molecule has 1 heterocycles. The fraction of sp³-hybridized carbons (Fsp3) is 0.200. The van der Waals surface area contributed by atoms with E-state index in [-0.39, 0.29) is 12.5 Å². The molecule has 14 heavy (non-hydrogen) atoms. The number of nitrogens with one attached hydrogen (secondary N) is 1. The Balaban J connectivity index is 2.28. The maximum absolute atomic E-state index is 11.1. The molecule has 0 fully saturated rings. The van der Waals surface area contributed by atoms with E-state index in [1.807, 2.05) is 18.2 Å². The van der Waals surface area contributed by atoms with Gasteiger partial charge in [0.1, 0.15) is 0 Å². The number of hydrogen-bond donors (Lipinski definition) is 1. The van der Waals surface area contributed by atoms with Gasteiger partial charge in [0.25, 0.3) is 0 Å². The lowest BCUT2D eigenvalue weighted by Gasteiger charge is -2.00. The Labute approximate surface area is 87.3 Å². The smallest absolute Gasteiger partial charge is 0.231 e. The van der Waals surface area contributed by atoms with Crippen LogP contribution in [0.3, 0.4) is 0 Å². The van der Waals surface area contributed by atoms with Crippen LogP contribution in [0.5, 0.6) is 0 Å². The molecule has 4 heteroatoms. The lowest BCUT2D eigenvalue weighted by atomic mass is 10.5. The lowest BCUT2D eigenvalue weighted by Crippen LogP contribution is -2.25. The summed E-state index contributed by atoms with van der Waals surface area (Å²) in [5.41, 5.74) is 0. The van der Waals surface area contributed by atoms with Gasteiger partial charge in [-0.25, -0.2) is 4.98 Å². The Morgan fingerprint density at radius 3 is 3.14 bits per heavy atom. The zero-order valence-electron chi connectivity index (χ0n) is 7.56. The SMILES string of the molecule is C#CCNC(=O)CSc1ccccn1. The zero-order valence-corrected chi connectivity index (χ0v) is 8.38. The minimum atomic E-state index is -0.0707. The number of rotatable bonds is 4. The van der Waals surface area contributed by atoms with Crippen molar-refractivity contribution in [3.8, 4) is 12.3 Å². The summed E-state index contributed by atoms with van der Waals surface area (Å²) in [4.78, 5) is 15.2. The predicted molar refractivity (Wildman–Crippen MR) is 56.8 cm³/mol. The van der Waals surface area contributed by atoms with Crippen LogP contribution in [-0.4, -0.2) is 23.2 Å². The van der Waals surface area contributed by atoms with Crippen LogP contribution in [-0.2, 0) is 4.79 Å². The maximum atomic E-state index is 11.1. The van der Waals surface area contributed by atoms with Crippen molar-refractivity contribution in [2.24, 2.45) is 0 Å². The molecule has 1 aromatic rings. The first-order valence-electron chi connectivity index (χ1n) is 4.07. The Morgan fingerprint density at radius 2 is 2.50 bits per heavy atom. The topological polar surface area (TPSA) is 42.0 Å². The second-order valence-electron chi connectivity index (χ2n) is 2.44. The average Bonchev–Trinajstić information content (AvgIpc) is 2.25. The number of amides is 1. The fourth-order valence-corrected chi connectivity index (χ4v) is 1.46. The summed E-state index contributed by atoms with van der Waals surface area (Å²) in [5.74, 6) is 2.62. The number of hydrogen-bond acceptors (Lipinski definition) is 3. The molecule has 0 aromatic carbocycles. The number of carbonyl (C=O) groups excluding carboxylic acids is 1. The van der Waals surface area contributed by atoms with Gasteiger partial charge in [-0.3, -0.25) is 4.79 Å². The van der Waals surface area contributed by atoms with Crippen molar-refractivity contribution in [1.29, 1.82) is 0 Å². The van der Waals surface area contributed by atoms with Crippen LogP contribution in [0.15, 0.2) is 29.4 Å². The summed E-state index contributed by atoms with van der Waals surface area (Å²) < 4.78 is 0. The monoisotopic (exact) mass is 206 g/mol. The van der Waals surface area contributed by atoms with E-state index in [2.05, 4.69) is 16.2 Å². The van der Waals surface area contributed by atoms with Crippen LogP contribution in [0.2, 0.25) is 0 Å². The zero-order chi connectivity index (χ0) is 10.2. The van der Waals surface area contributed by atoms with E-state index in [4.69, 9.17) is 6.42 Å². The van der Waals surface area contributed by atoms with Gasteiger partial charge in [-0.05, 0) is 12.1 Å². The maximum Gasteiger partial charge on any atom is 0.231 e. The van der Waals surface area contributed by atoms with E-state index in [9.17, 15) is 4.79 Å². The van der Waals surface area contributed by atoms with Crippen LogP contribution < -0.4 is 5.32 Å². The van der Waals surface area contributed by atoms with Gasteiger partial charge < -0.3 is 5.32 Å². The third-order valence-electron chi connectivity index (χ3n) is 1.38. The summed E-state index contributed by atoms with van der Waals surface area (Å²) >= 11 is 1.39. The third kappa shape index (κ3) is 3.97. The van der Waals surface area contributed by atoms with Crippen molar-refractivity contribution in [1.82, 2.24) is 10.3 Å². The van der Waals surface area contributed by atoms with Crippen molar-refractivity contribution >= 4 is 17.7 Å². The van der Waals surface area contributed by atoms with Crippen LogP contribution in [0.1, 0.15) is 0 Å². The molecule has 0 aliphatic rings. The van der Waals surface area contributed by atoms with E-state index in [0.29, 0.717) is 5.75 Å². The molecule has 1 N–H and O–H groups in total. The van der Waals surface area contributed by atoms with E-state index in [0.717, 1.165) is 5.03 Å². The molecule has 0 bridgehead atoms. The highest BCUT2D eigenvalue weighted by Crippen LogP contribution is 2.12. The van der Waals surface area contributed by atoms with Gasteiger partial charge in [0.05, 0.1) is 17.3 Å². The molecule has 1 aromatic heterocycles. The number of pyridine rings is 1. The summed E-state index contributed by atoms with van der Waals surface area (Å²) in [5, 5.41) is 3.42. The molecular formula is C10H10N2OS. The van der Waals surface area contributed by atoms with Crippen molar-refractivity contribution in [3.05, 3.63) is 24.4 Å². The third-order valence-corrected chi connectivity index (χ3v) is 2.32. The molecule has 0 saturated carbocycles. The molecule has 3 nitrogen and oxygen atoms in total. The molecule has 0 spiro atoms.